The van der Waals surface area contributed by atoms with Crippen LogP contribution in [0.5, 0.6) is 0 Å². The van der Waals surface area contributed by atoms with Gasteiger partial charge in [0, 0.05) is 31.9 Å². The van der Waals surface area contributed by atoms with Crippen molar-refractivity contribution < 1.29 is 18.4 Å². The van der Waals surface area contributed by atoms with Crippen LogP contribution in [0.25, 0.3) is 11.2 Å². The average molecular weight is 626 g/mol. The van der Waals surface area contributed by atoms with Crippen molar-refractivity contribution in [2.75, 3.05) is 11.9 Å². The monoisotopic (exact) mass is 625 g/mol. The zero-order valence-corrected chi connectivity index (χ0v) is 27.2. The number of fused-ring (bicyclic) bond motifs is 1. The normalized spacial score (nSPS) is 16.9. The van der Waals surface area contributed by atoms with Gasteiger partial charge in [-0.15, -0.1) is 11.3 Å². The second-order valence-corrected chi connectivity index (χ2v) is 14.6. The maximum atomic E-state index is 13.5. The Hall–Kier alpha value is -3.69. The molecule has 1 aliphatic heterocycles. The van der Waals surface area contributed by atoms with Crippen LogP contribution < -0.4 is 10.6 Å². The lowest BCUT2D eigenvalue weighted by atomic mass is 9.88. The van der Waals surface area contributed by atoms with E-state index in [1.807, 2.05) is 26.8 Å². The van der Waals surface area contributed by atoms with E-state index in [4.69, 9.17) is 9.97 Å². The summed E-state index contributed by atoms with van der Waals surface area (Å²) >= 11 is 0.729. The molecule has 12 heteroatoms. The van der Waals surface area contributed by atoms with Crippen LogP contribution in [0, 0.1) is 22.2 Å². The highest BCUT2D eigenvalue weighted by atomic mass is 32.1. The fourth-order valence-electron chi connectivity index (χ4n) is 4.98. The van der Waals surface area contributed by atoms with Crippen molar-refractivity contribution in [3.63, 3.8) is 0 Å². The van der Waals surface area contributed by atoms with E-state index in [1.165, 1.54) is 12.1 Å². The number of hydrogen-bond acceptors (Lipinski definition) is 7. The highest BCUT2D eigenvalue weighted by Gasteiger charge is 2.33. The number of hydrogen-bond donors (Lipinski definition) is 2. The quantitative estimate of drug-likeness (QED) is 0.202. The van der Waals surface area contributed by atoms with Crippen LogP contribution in [-0.4, -0.2) is 49.9 Å². The van der Waals surface area contributed by atoms with E-state index < -0.39 is 12.3 Å². The van der Waals surface area contributed by atoms with Crippen LogP contribution in [0.2, 0.25) is 0 Å². The molecule has 1 aliphatic rings. The van der Waals surface area contributed by atoms with Crippen molar-refractivity contribution in [1.82, 2.24) is 24.8 Å². The third-order valence-electron chi connectivity index (χ3n) is 7.80. The molecule has 0 bridgehead atoms. The summed E-state index contributed by atoms with van der Waals surface area (Å²) in [6.45, 7) is 15.8. The van der Waals surface area contributed by atoms with Crippen LogP contribution in [0.15, 0.2) is 36.0 Å². The standard InChI is InChI=1S/C32H41F2N7O2S/c1-19(32(5,6)7)36-16-20-13-23-27(37-17-20)41(30(38-23)39-28(42)25-11-10-24(44-25)26(33)34)18-22-9-8-12-40(22)29(43)21(15-35)14-31(2,3)4/h10-11,13-14,17,19,22,26,36H,8-9,12,16,18H2,1-7H3,(H,38,39,42). The Kier molecular flexibility index (Phi) is 9.90. The fraction of sp³-hybridized carbons (Fsp3) is 0.531. The van der Waals surface area contributed by atoms with Gasteiger partial charge in [0.25, 0.3) is 18.2 Å². The molecule has 2 atom stereocenters. The predicted octanol–water partition coefficient (Wildman–Crippen LogP) is 6.69. The number of pyridine rings is 1. The molecule has 0 spiro atoms. The number of nitriles is 1. The molecule has 4 rings (SSSR count). The van der Waals surface area contributed by atoms with Crippen LogP contribution in [0.3, 0.4) is 0 Å². The van der Waals surface area contributed by atoms with Crippen molar-refractivity contribution in [2.45, 2.75) is 92.9 Å². The SMILES string of the molecule is CC(NCc1cnc2c(c1)nc(NC(=O)c1ccc(C(F)F)s1)n2CC1CCCN1C(=O)C(C#N)=CC(C)(C)C)C(C)(C)C. The number of amides is 2. The van der Waals surface area contributed by atoms with Crippen molar-refractivity contribution in [2.24, 2.45) is 10.8 Å². The number of likely N-dealkylation sites (tertiary alicyclic amines) is 1. The number of alkyl halides is 2. The number of rotatable bonds is 9. The van der Waals surface area contributed by atoms with Crippen molar-refractivity contribution in [3.05, 3.63) is 51.4 Å². The molecule has 2 unspecified atom stereocenters. The van der Waals surface area contributed by atoms with Crippen molar-refractivity contribution in [3.8, 4) is 6.07 Å². The first kappa shape index (κ1) is 33.2. The lowest BCUT2D eigenvalue weighted by Crippen LogP contribution is -2.39. The molecule has 0 aromatic carbocycles. The van der Waals surface area contributed by atoms with E-state index in [2.05, 4.69) is 44.4 Å². The average Bonchev–Trinajstić information content (AvgIpc) is 3.68. The molecule has 44 heavy (non-hydrogen) atoms. The first-order valence-corrected chi connectivity index (χ1v) is 15.6. The molecule has 2 amide bonds. The summed E-state index contributed by atoms with van der Waals surface area (Å²) in [5.41, 5.74) is 1.82. The van der Waals surface area contributed by atoms with Gasteiger partial charge in [-0.25, -0.2) is 18.7 Å². The highest BCUT2D eigenvalue weighted by molar-refractivity contribution is 7.14. The molecule has 1 fully saturated rings. The lowest BCUT2D eigenvalue weighted by Gasteiger charge is -2.28. The number of imidazole rings is 1. The van der Waals surface area contributed by atoms with Gasteiger partial charge >= 0.3 is 0 Å². The Morgan fingerprint density at radius 2 is 1.95 bits per heavy atom. The van der Waals surface area contributed by atoms with E-state index in [0.29, 0.717) is 30.7 Å². The third-order valence-corrected chi connectivity index (χ3v) is 8.89. The minimum absolute atomic E-state index is 0.0700. The number of carbonyl (C=O) groups excluding carboxylic acids is 2. The molecular formula is C32H41F2N7O2S. The zero-order valence-electron chi connectivity index (χ0n) is 26.4. The minimum atomic E-state index is -2.67. The topological polar surface area (TPSA) is 116 Å². The first-order valence-electron chi connectivity index (χ1n) is 14.8. The number of thiophene rings is 1. The van der Waals surface area contributed by atoms with Crippen LogP contribution in [-0.2, 0) is 17.9 Å². The van der Waals surface area contributed by atoms with Gasteiger partial charge in [-0.3, -0.25) is 19.5 Å². The number of aromatic nitrogens is 3. The van der Waals surface area contributed by atoms with E-state index in [9.17, 15) is 23.6 Å². The summed E-state index contributed by atoms with van der Waals surface area (Å²) in [6, 6.07) is 6.57. The van der Waals surface area contributed by atoms with E-state index in [0.717, 1.165) is 23.3 Å². The van der Waals surface area contributed by atoms with Crippen LogP contribution in [0.4, 0.5) is 14.7 Å². The van der Waals surface area contributed by atoms with E-state index in [-0.39, 0.29) is 56.6 Å². The number of nitrogens with one attached hydrogen (secondary N) is 2. The molecule has 3 aromatic rings. The number of nitrogens with zero attached hydrogens (tertiary/aromatic N) is 5. The van der Waals surface area contributed by atoms with Gasteiger partial charge in [0.05, 0.1) is 15.8 Å². The summed E-state index contributed by atoms with van der Waals surface area (Å²) in [7, 11) is 0. The lowest BCUT2D eigenvalue weighted by molar-refractivity contribution is -0.127. The molecule has 236 valence electrons. The minimum Gasteiger partial charge on any atom is -0.333 e. The number of anilines is 1. The molecule has 3 aromatic heterocycles. The number of allylic oxidation sites excluding steroid dienone is 1. The molecule has 1 saturated heterocycles. The molecule has 0 aliphatic carbocycles. The molecule has 9 nitrogen and oxygen atoms in total. The van der Waals surface area contributed by atoms with Gasteiger partial charge in [0.2, 0.25) is 5.95 Å². The van der Waals surface area contributed by atoms with E-state index >= 15 is 0 Å². The third kappa shape index (κ3) is 7.87. The van der Waals surface area contributed by atoms with Gasteiger partial charge in [-0.05, 0) is 54.4 Å². The molecular weight excluding hydrogens is 584 g/mol. The second kappa shape index (κ2) is 13.1. The smallest absolute Gasteiger partial charge is 0.272 e. The Labute approximate surface area is 261 Å². The maximum absolute atomic E-state index is 13.5. The predicted molar refractivity (Wildman–Crippen MR) is 168 cm³/mol. The second-order valence-electron chi connectivity index (χ2n) is 13.5. The van der Waals surface area contributed by atoms with Crippen LogP contribution >= 0.6 is 11.3 Å². The van der Waals surface area contributed by atoms with Gasteiger partial charge in [0.15, 0.2) is 5.65 Å². The molecule has 0 saturated carbocycles. The van der Waals surface area contributed by atoms with Crippen molar-refractivity contribution in [1.29, 1.82) is 5.26 Å². The van der Waals surface area contributed by atoms with Gasteiger partial charge < -0.3 is 10.2 Å². The highest BCUT2D eigenvalue weighted by Crippen LogP contribution is 2.30. The Morgan fingerprint density at radius 3 is 2.57 bits per heavy atom. The van der Waals surface area contributed by atoms with Crippen LogP contribution in [0.1, 0.15) is 87.8 Å². The summed E-state index contributed by atoms with van der Waals surface area (Å²) in [6.07, 6.45) is 2.25. The zero-order chi connectivity index (χ0) is 32.4. The van der Waals surface area contributed by atoms with Crippen molar-refractivity contribution >= 4 is 40.3 Å². The first-order chi connectivity index (χ1) is 20.6. The number of halogens is 2. The Bertz CT molecular complexity index is 1590. The Morgan fingerprint density at radius 1 is 1.23 bits per heavy atom. The van der Waals surface area contributed by atoms with Gasteiger partial charge in [-0.2, -0.15) is 5.26 Å². The summed E-state index contributed by atoms with van der Waals surface area (Å²) in [5, 5.41) is 16.1. The number of carbonyl (C=O) groups is 2. The van der Waals surface area contributed by atoms with E-state index in [1.54, 1.807) is 21.7 Å². The summed E-state index contributed by atoms with van der Waals surface area (Å²) in [4.78, 5) is 37.7. The van der Waals surface area contributed by atoms with Gasteiger partial charge in [0.1, 0.15) is 17.2 Å². The molecule has 0 radical (unpaired) electrons. The molecule has 4 heterocycles. The fourth-order valence-corrected chi connectivity index (χ4v) is 5.74. The molecule has 2 N–H and O–H groups in total. The summed E-state index contributed by atoms with van der Waals surface area (Å²) < 4.78 is 28.1. The Balaban J connectivity index is 1.67. The maximum Gasteiger partial charge on any atom is 0.272 e. The van der Waals surface area contributed by atoms with Gasteiger partial charge in [-0.1, -0.05) is 47.6 Å². The largest absolute Gasteiger partial charge is 0.333 e. The summed E-state index contributed by atoms with van der Waals surface area (Å²) in [5.74, 6) is -0.673.